The second-order valence-corrected chi connectivity index (χ2v) is 15.9. The van der Waals surface area contributed by atoms with E-state index in [1.165, 1.54) is 6.08 Å². The van der Waals surface area contributed by atoms with Gasteiger partial charge in [-0.05, 0) is 43.7 Å². The van der Waals surface area contributed by atoms with Crippen LogP contribution in [0.25, 0.3) is 0 Å². The summed E-state index contributed by atoms with van der Waals surface area (Å²) in [5.41, 5.74) is 0. The first-order valence-electron chi connectivity index (χ1n) is 10.9. The van der Waals surface area contributed by atoms with Crippen LogP contribution in [0.3, 0.4) is 0 Å². The minimum atomic E-state index is -1.85. The molecule has 2 aliphatic rings. The van der Waals surface area contributed by atoms with E-state index in [-0.39, 0.29) is 40.5 Å². The van der Waals surface area contributed by atoms with Crippen molar-refractivity contribution in [2.24, 2.45) is 11.8 Å². The van der Waals surface area contributed by atoms with Crippen LogP contribution in [0.1, 0.15) is 40.5 Å². The number of nitrogens with one attached hydrogen (secondary N) is 1. The Hall–Kier alpha value is -1.32. The fourth-order valence-electron chi connectivity index (χ4n) is 3.61. The van der Waals surface area contributed by atoms with E-state index >= 15 is 0 Å². The molecule has 1 amide bonds. The fraction of sp³-hybridized carbons (Fsp3) is 0.773. The summed E-state index contributed by atoms with van der Waals surface area (Å²) in [4.78, 5) is 37.1. The molecule has 2 aliphatic heterocycles. The summed E-state index contributed by atoms with van der Waals surface area (Å²) in [5.74, 6) is 0.192. The molecular weight excluding hydrogens is 434 g/mol. The Morgan fingerprint density at radius 3 is 2.61 bits per heavy atom. The predicted octanol–water partition coefficient (Wildman–Crippen LogP) is 3.93. The lowest BCUT2D eigenvalue weighted by molar-refractivity contribution is -0.142. The molecule has 0 unspecified atom stereocenters. The SMILES string of the molecule is C=CCOC(=O)O[C@H](C)[C@H]1C(=O)N[C@@H]1[C@H]1SCC[C@H](CCO[Si](C)(C)C(C)(C)C)C1=O. The molecule has 0 aliphatic carbocycles. The number of ether oxygens (including phenoxy) is 2. The number of rotatable bonds is 9. The maximum Gasteiger partial charge on any atom is 0.508 e. The van der Waals surface area contributed by atoms with Crippen molar-refractivity contribution in [3.8, 4) is 0 Å². The molecule has 9 heteroatoms. The van der Waals surface area contributed by atoms with Crippen molar-refractivity contribution in [3.05, 3.63) is 12.7 Å². The molecule has 0 aromatic rings. The maximum absolute atomic E-state index is 13.2. The van der Waals surface area contributed by atoms with Crippen LogP contribution >= 0.6 is 11.8 Å². The average molecular weight is 472 g/mol. The zero-order valence-electron chi connectivity index (χ0n) is 19.6. The molecule has 1 N–H and O–H groups in total. The first kappa shape index (κ1) is 25.9. The molecule has 2 rings (SSSR count). The van der Waals surface area contributed by atoms with Crippen LogP contribution in [0.4, 0.5) is 4.79 Å². The van der Waals surface area contributed by atoms with Crippen molar-refractivity contribution in [2.45, 2.75) is 76.1 Å². The third-order valence-electron chi connectivity index (χ3n) is 6.61. The lowest BCUT2D eigenvalue weighted by atomic mass is 9.80. The van der Waals surface area contributed by atoms with Crippen molar-refractivity contribution < 1.29 is 28.3 Å². The van der Waals surface area contributed by atoms with Gasteiger partial charge in [-0.15, -0.1) is 11.8 Å². The molecule has 0 radical (unpaired) electrons. The van der Waals surface area contributed by atoms with Crippen molar-refractivity contribution >= 4 is 37.9 Å². The lowest BCUT2D eigenvalue weighted by Gasteiger charge is -2.45. The number of carbonyl (C=O) groups excluding carboxylic acids is 3. The van der Waals surface area contributed by atoms with Gasteiger partial charge in [0.05, 0.1) is 17.2 Å². The highest BCUT2D eigenvalue weighted by Crippen LogP contribution is 2.39. The van der Waals surface area contributed by atoms with Crippen LogP contribution in [-0.4, -0.2) is 62.5 Å². The van der Waals surface area contributed by atoms with Gasteiger partial charge in [-0.1, -0.05) is 33.4 Å². The van der Waals surface area contributed by atoms with Gasteiger partial charge < -0.3 is 19.2 Å². The molecular formula is C22H37NO6SSi. The van der Waals surface area contributed by atoms with E-state index in [0.717, 1.165) is 12.2 Å². The van der Waals surface area contributed by atoms with Crippen molar-refractivity contribution in [3.63, 3.8) is 0 Å². The van der Waals surface area contributed by atoms with Crippen LogP contribution in [-0.2, 0) is 23.5 Å². The first-order valence-corrected chi connectivity index (χ1v) is 14.9. The summed E-state index contributed by atoms with van der Waals surface area (Å²) in [5, 5.41) is 2.66. The Balaban J connectivity index is 1.93. The summed E-state index contributed by atoms with van der Waals surface area (Å²) >= 11 is 1.58. The molecule has 2 heterocycles. The highest BCUT2D eigenvalue weighted by Gasteiger charge is 2.52. The highest BCUT2D eigenvalue weighted by atomic mass is 32.2. The van der Waals surface area contributed by atoms with Gasteiger partial charge in [0.1, 0.15) is 12.7 Å². The number of amides is 1. The number of thioether (sulfide) groups is 1. The number of carbonyl (C=O) groups is 3. The molecule has 0 bridgehead atoms. The second-order valence-electron chi connectivity index (χ2n) is 9.81. The minimum Gasteiger partial charge on any atom is -0.430 e. The first-order chi connectivity index (χ1) is 14.4. The summed E-state index contributed by atoms with van der Waals surface area (Å²) in [7, 11) is -1.85. The maximum atomic E-state index is 13.2. The molecule has 7 nitrogen and oxygen atoms in total. The predicted molar refractivity (Wildman–Crippen MR) is 125 cm³/mol. The molecule has 2 fully saturated rings. The number of hydrogen-bond acceptors (Lipinski definition) is 7. The van der Waals surface area contributed by atoms with Gasteiger partial charge in [-0.2, -0.15) is 0 Å². The van der Waals surface area contributed by atoms with E-state index < -0.39 is 26.5 Å². The molecule has 0 saturated carbocycles. The number of hydrogen-bond donors (Lipinski definition) is 1. The molecule has 176 valence electrons. The van der Waals surface area contributed by atoms with Crippen LogP contribution in [0, 0.1) is 11.8 Å². The normalized spacial score (nSPS) is 27.7. The van der Waals surface area contributed by atoms with E-state index in [9.17, 15) is 14.4 Å². The summed E-state index contributed by atoms with van der Waals surface area (Å²) in [6.07, 6.45) is 1.46. The van der Waals surface area contributed by atoms with Gasteiger partial charge >= 0.3 is 6.16 Å². The van der Waals surface area contributed by atoms with E-state index in [1.54, 1.807) is 18.7 Å². The smallest absolute Gasteiger partial charge is 0.430 e. The zero-order chi connectivity index (χ0) is 23.4. The van der Waals surface area contributed by atoms with E-state index in [1.807, 2.05) is 0 Å². The molecule has 5 atom stereocenters. The van der Waals surface area contributed by atoms with Gasteiger partial charge in [0, 0.05) is 12.5 Å². The van der Waals surface area contributed by atoms with E-state index in [4.69, 9.17) is 13.9 Å². The van der Waals surface area contributed by atoms with E-state index in [0.29, 0.717) is 13.0 Å². The van der Waals surface area contributed by atoms with Crippen molar-refractivity contribution in [2.75, 3.05) is 19.0 Å². The van der Waals surface area contributed by atoms with E-state index in [2.05, 4.69) is 45.8 Å². The summed E-state index contributed by atoms with van der Waals surface area (Å²) in [6.45, 7) is 16.8. The summed E-state index contributed by atoms with van der Waals surface area (Å²) < 4.78 is 16.3. The zero-order valence-corrected chi connectivity index (χ0v) is 21.4. The third-order valence-corrected chi connectivity index (χ3v) is 12.5. The molecule has 31 heavy (non-hydrogen) atoms. The van der Waals surface area contributed by atoms with Gasteiger partial charge in [0.2, 0.25) is 5.91 Å². The Bertz CT molecular complexity index is 692. The van der Waals surface area contributed by atoms with Gasteiger partial charge in [-0.3, -0.25) is 9.59 Å². The number of β-lactam (4-membered cyclic amide) rings is 1. The van der Waals surface area contributed by atoms with Crippen LogP contribution in [0.15, 0.2) is 12.7 Å². The van der Waals surface area contributed by atoms with Crippen LogP contribution < -0.4 is 5.32 Å². The van der Waals surface area contributed by atoms with Gasteiger partial charge in [0.25, 0.3) is 0 Å². The Kier molecular flexibility index (Phi) is 8.81. The van der Waals surface area contributed by atoms with Crippen LogP contribution in [0.2, 0.25) is 18.1 Å². The fourth-order valence-corrected chi connectivity index (χ4v) is 6.14. The Labute approximate surface area is 191 Å². The molecule has 0 aromatic carbocycles. The lowest BCUT2D eigenvalue weighted by Crippen LogP contribution is -2.68. The number of Topliss-reactive ketones (excluding diaryl/α,β-unsaturated/α-hetero) is 1. The summed E-state index contributed by atoms with van der Waals surface area (Å²) in [6, 6.07) is -0.337. The van der Waals surface area contributed by atoms with Gasteiger partial charge in [-0.25, -0.2) is 4.79 Å². The third kappa shape index (κ3) is 6.35. The van der Waals surface area contributed by atoms with Gasteiger partial charge in [0.15, 0.2) is 14.1 Å². The molecule has 2 saturated heterocycles. The standard InChI is InChI=1S/C22H37NO6SSi/c1-8-11-27-21(26)29-14(2)16-17(23-20(16)25)19-18(24)15(10-13-30-19)9-12-28-31(6,7)22(3,4)5/h8,14-17,19H,1,9-13H2,2-7H3,(H,23,25)/t14-,15+,16-,17+,19-/m1/s1. The Morgan fingerprint density at radius 1 is 1.35 bits per heavy atom. The molecule has 0 aromatic heterocycles. The Morgan fingerprint density at radius 2 is 2.03 bits per heavy atom. The highest BCUT2D eigenvalue weighted by molar-refractivity contribution is 8.00. The largest absolute Gasteiger partial charge is 0.508 e. The van der Waals surface area contributed by atoms with Crippen molar-refractivity contribution in [1.29, 1.82) is 0 Å². The minimum absolute atomic E-state index is 0.0431. The quantitative estimate of drug-likeness (QED) is 0.236. The number of ketones is 1. The monoisotopic (exact) mass is 471 g/mol. The topological polar surface area (TPSA) is 90.9 Å². The van der Waals surface area contributed by atoms with Crippen LogP contribution in [0.5, 0.6) is 0 Å². The second kappa shape index (κ2) is 10.5. The molecule has 0 spiro atoms. The van der Waals surface area contributed by atoms with Crippen molar-refractivity contribution in [1.82, 2.24) is 5.32 Å². The average Bonchev–Trinajstić information content (AvgIpc) is 2.65.